The number of benzene rings is 2. The van der Waals surface area contributed by atoms with Gasteiger partial charge in [-0.3, -0.25) is 9.59 Å². The van der Waals surface area contributed by atoms with Crippen molar-refractivity contribution in [3.05, 3.63) is 70.1 Å². The number of quaternary nitrogens is 2. The van der Waals surface area contributed by atoms with Gasteiger partial charge >= 0.3 is 0 Å². The summed E-state index contributed by atoms with van der Waals surface area (Å²) in [5.74, 6) is -0.330. The van der Waals surface area contributed by atoms with Crippen molar-refractivity contribution in [2.45, 2.75) is 63.2 Å². The molecule has 12 nitrogen and oxygen atoms in total. The van der Waals surface area contributed by atoms with Gasteiger partial charge < -0.3 is 29.7 Å². The van der Waals surface area contributed by atoms with E-state index in [0.717, 1.165) is 11.1 Å². The van der Waals surface area contributed by atoms with Gasteiger partial charge in [0.25, 0.3) is 11.8 Å². The molecule has 0 aliphatic carbocycles. The number of carbonyl (C=O) groups is 2. The van der Waals surface area contributed by atoms with E-state index in [4.69, 9.17) is 19.9 Å². The average molecular weight is 529 g/mol. The Morgan fingerprint density at radius 2 is 1.08 bits per heavy atom. The predicted molar refractivity (Wildman–Crippen MR) is 131 cm³/mol. The molecule has 0 spiro atoms. The molecular formula is C26H32N4O8. The molecule has 0 radical (unpaired) electrons. The summed E-state index contributed by atoms with van der Waals surface area (Å²) in [5.41, 5.74) is -0.298. The van der Waals surface area contributed by atoms with Gasteiger partial charge in [0, 0.05) is 49.4 Å². The molecule has 204 valence electrons. The van der Waals surface area contributed by atoms with E-state index in [9.17, 15) is 20.0 Å². The molecular weight excluding hydrogens is 496 g/mol. The number of epoxide rings is 2. The van der Waals surface area contributed by atoms with Gasteiger partial charge in [-0.15, -0.1) is 0 Å². The van der Waals surface area contributed by atoms with Crippen LogP contribution >= 0.6 is 0 Å². The molecule has 3 aliphatic rings. The summed E-state index contributed by atoms with van der Waals surface area (Å²) in [6, 6.07) is 12.1. The standard InChI is InChI=1S/C26H32N4O8/c1-15-13-28(24(32)26(4)22(38-26)18-7-11-20(12-8-18)30(35)36)16(2)14-27(15)23(31)25(3)21(37-25)17-5-9-19(10-6-17)29(33)34/h5-12,15-16,21-22,29-30,33,35H,13-14H2,1-4H3/t15-,16-,21-,22-,25+,26+/m1/s1. The average Bonchev–Trinajstić information content (AvgIpc) is 3.79. The molecule has 3 fully saturated rings. The van der Waals surface area contributed by atoms with Gasteiger partial charge in [-0.1, -0.05) is 24.3 Å². The Balaban J connectivity index is 1.23. The third-order valence-electron chi connectivity index (χ3n) is 7.89. The molecule has 2 unspecified atom stereocenters. The maximum atomic E-state index is 13.5. The molecule has 0 aromatic heterocycles. The Labute approximate surface area is 219 Å². The molecule has 2 amide bonds. The second-order valence-corrected chi connectivity index (χ2v) is 10.7. The number of hydrogen-bond acceptors (Lipinski definition) is 8. The fourth-order valence-electron chi connectivity index (χ4n) is 5.38. The van der Waals surface area contributed by atoms with Crippen molar-refractivity contribution in [3.63, 3.8) is 0 Å². The maximum absolute atomic E-state index is 13.5. The van der Waals surface area contributed by atoms with Crippen LogP contribution in [0.3, 0.4) is 0 Å². The Morgan fingerprint density at radius 1 is 0.763 bits per heavy atom. The topological polar surface area (TPSA) is 161 Å². The van der Waals surface area contributed by atoms with Gasteiger partial charge in [-0.05, 0) is 38.8 Å². The number of rotatable bonds is 6. The summed E-state index contributed by atoms with van der Waals surface area (Å²) in [6.07, 6.45) is -0.931. The van der Waals surface area contributed by atoms with Crippen LogP contribution < -0.4 is 10.5 Å². The van der Waals surface area contributed by atoms with Gasteiger partial charge in [0.05, 0.1) is 0 Å². The van der Waals surface area contributed by atoms with E-state index in [-0.39, 0.29) is 35.3 Å². The van der Waals surface area contributed by atoms with Crippen molar-refractivity contribution < 1.29 is 39.9 Å². The largest absolute Gasteiger partial charge is 0.595 e. The van der Waals surface area contributed by atoms with Crippen LogP contribution in [0.4, 0.5) is 11.4 Å². The lowest BCUT2D eigenvalue weighted by Crippen LogP contribution is -2.99. The number of nitrogens with zero attached hydrogens (tertiary/aromatic N) is 2. The third-order valence-corrected chi connectivity index (χ3v) is 7.89. The highest BCUT2D eigenvalue weighted by molar-refractivity contribution is 5.91. The van der Waals surface area contributed by atoms with Crippen LogP contribution in [0.15, 0.2) is 48.5 Å². The Bertz CT molecular complexity index is 1130. The van der Waals surface area contributed by atoms with E-state index in [0.29, 0.717) is 13.1 Å². The molecule has 0 saturated carbocycles. The van der Waals surface area contributed by atoms with Crippen LogP contribution in [0.5, 0.6) is 0 Å². The van der Waals surface area contributed by atoms with Crippen molar-refractivity contribution in [2.75, 3.05) is 13.1 Å². The monoisotopic (exact) mass is 528 g/mol. The van der Waals surface area contributed by atoms with Crippen molar-refractivity contribution in [1.82, 2.24) is 9.80 Å². The zero-order valence-electron chi connectivity index (χ0n) is 21.6. The molecule has 3 saturated heterocycles. The lowest BCUT2D eigenvalue weighted by atomic mass is 9.95. The van der Waals surface area contributed by atoms with Crippen molar-refractivity contribution in [1.29, 1.82) is 0 Å². The summed E-state index contributed by atoms with van der Waals surface area (Å²) in [5, 5.41) is 38.4. The van der Waals surface area contributed by atoms with Gasteiger partial charge in [-0.2, -0.15) is 10.5 Å². The summed E-state index contributed by atoms with van der Waals surface area (Å²) in [7, 11) is 0. The van der Waals surface area contributed by atoms with Crippen LogP contribution in [0.25, 0.3) is 0 Å². The van der Waals surface area contributed by atoms with Crippen molar-refractivity contribution in [3.8, 4) is 0 Å². The zero-order chi connectivity index (χ0) is 27.6. The SMILES string of the molecule is C[C@@H]1CN(C(=O)[C@@]2(C)O[C@@H]2c2ccc([NH+]([O-])O)cc2)[C@H](C)CN1C(=O)[C@@]1(C)O[C@@H]1c1ccc([NH+]([O-])O)cc1. The Hall–Kier alpha value is -2.94. The van der Waals surface area contributed by atoms with Gasteiger partial charge in [-0.25, -0.2) is 10.4 Å². The molecule has 0 bridgehead atoms. The van der Waals surface area contributed by atoms with E-state index >= 15 is 0 Å². The lowest BCUT2D eigenvalue weighted by Gasteiger charge is -2.45. The molecule has 12 heteroatoms. The van der Waals surface area contributed by atoms with E-state index in [1.165, 1.54) is 24.3 Å². The summed E-state index contributed by atoms with van der Waals surface area (Å²) in [4.78, 5) is 30.6. The third kappa shape index (κ3) is 4.48. The normalized spacial score (nSPS) is 34.0. The highest BCUT2D eigenvalue weighted by Crippen LogP contribution is 2.52. The van der Waals surface area contributed by atoms with Crippen LogP contribution in [0.1, 0.15) is 51.0 Å². The molecule has 8 atom stereocenters. The number of amides is 2. The minimum absolute atomic E-state index is 0.165. The molecule has 2 aromatic rings. The molecule has 3 heterocycles. The Morgan fingerprint density at radius 3 is 1.37 bits per heavy atom. The van der Waals surface area contributed by atoms with Crippen molar-refractivity contribution in [2.24, 2.45) is 0 Å². The molecule has 5 rings (SSSR count). The minimum atomic E-state index is -1.05. The van der Waals surface area contributed by atoms with Crippen molar-refractivity contribution >= 4 is 23.2 Å². The quantitative estimate of drug-likeness (QED) is 0.308. The van der Waals surface area contributed by atoms with Gasteiger partial charge in [0.2, 0.25) is 0 Å². The first-order valence-corrected chi connectivity index (χ1v) is 12.5. The first kappa shape index (κ1) is 26.7. The van der Waals surface area contributed by atoms with Crippen LogP contribution in [-0.4, -0.2) is 68.4 Å². The smallest absolute Gasteiger partial charge is 0.258 e. The summed E-state index contributed by atoms with van der Waals surface area (Å²) in [6.45, 7) is 7.93. The van der Waals surface area contributed by atoms with E-state index in [1.807, 2.05) is 13.8 Å². The molecule has 3 aliphatic heterocycles. The fourth-order valence-corrected chi connectivity index (χ4v) is 5.38. The number of nitrogens with one attached hydrogen (secondary N) is 2. The highest BCUT2D eigenvalue weighted by Gasteiger charge is 2.63. The number of hydrogen-bond donors (Lipinski definition) is 4. The van der Waals surface area contributed by atoms with E-state index in [2.05, 4.69) is 0 Å². The predicted octanol–water partition coefficient (Wildman–Crippen LogP) is 0.301. The number of piperazine rings is 1. The van der Waals surface area contributed by atoms with E-state index < -0.39 is 33.9 Å². The first-order chi connectivity index (χ1) is 17.9. The van der Waals surface area contributed by atoms with Crippen LogP contribution in [0.2, 0.25) is 0 Å². The number of ether oxygens (including phenoxy) is 2. The minimum Gasteiger partial charge on any atom is -0.595 e. The highest BCUT2D eigenvalue weighted by atomic mass is 16.8. The lowest BCUT2D eigenvalue weighted by molar-refractivity contribution is -0.991. The van der Waals surface area contributed by atoms with Crippen LogP contribution in [-0.2, 0) is 19.1 Å². The summed E-state index contributed by atoms with van der Waals surface area (Å²) >= 11 is 0. The molecule has 2 aromatic carbocycles. The second kappa shape index (κ2) is 9.36. The van der Waals surface area contributed by atoms with Crippen LogP contribution in [0, 0.1) is 10.4 Å². The second-order valence-electron chi connectivity index (χ2n) is 10.7. The maximum Gasteiger partial charge on any atom is 0.258 e. The number of carbonyl (C=O) groups excluding carboxylic acids is 2. The van der Waals surface area contributed by atoms with E-state index in [1.54, 1.807) is 47.9 Å². The molecule has 38 heavy (non-hydrogen) atoms. The Kier molecular flexibility index (Phi) is 6.57. The fraction of sp³-hybridized carbons (Fsp3) is 0.462. The van der Waals surface area contributed by atoms with Gasteiger partial charge in [0.1, 0.15) is 12.2 Å². The summed E-state index contributed by atoms with van der Waals surface area (Å²) < 4.78 is 11.7. The first-order valence-electron chi connectivity index (χ1n) is 12.5. The zero-order valence-corrected chi connectivity index (χ0v) is 21.6. The van der Waals surface area contributed by atoms with Gasteiger partial charge in [0.15, 0.2) is 22.6 Å². The molecule has 4 N–H and O–H groups in total.